The predicted molar refractivity (Wildman–Crippen MR) is 43.1 cm³/mol. The van der Waals surface area contributed by atoms with Gasteiger partial charge in [-0.1, -0.05) is 13.8 Å². The summed E-state index contributed by atoms with van der Waals surface area (Å²) in [6, 6.07) is 1.74. The van der Waals surface area contributed by atoms with Crippen molar-refractivity contribution in [1.82, 2.24) is 9.97 Å². The first-order chi connectivity index (χ1) is 4.79. The zero-order valence-electron chi connectivity index (χ0n) is 6.51. The van der Waals surface area contributed by atoms with Crippen LogP contribution >= 0.6 is 0 Å². The van der Waals surface area contributed by atoms with Gasteiger partial charge in [-0.05, 0) is 13.0 Å². The van der Waals surface area contributed by atoms with Crippen LogP contribution < -0.4 is 5.69 Å². The second-order valence-electron chi connectivity index (χ2n) is 1.56. The number of hydrogen-bond acceptors (Lipinski definition) is 2. The first-order valence-corrected chi connectivity index (χ1v) is 3.31. The van der Waals surface area contributed by atoms with Gasteiger partial charge in [-0.15, -0.1) is 0 Å². The summed E-state index contributed by atoms with van der Waals surface area (Å²) in [7, 11) is 0. The summed E-state index contributed by atoms with van der Waals surface area (Å²) in [4.78, 5) is 16.3. The molecule has 0 radical (unpaired) electrons. The van der Waals surface area contributed by atoms with Crippen LogP contribution in [-0.4, -0.2) is 9.97 Å². The highest BCUT2D eigenvalue weighted by atomic mass is 16.1. The Hall–Kier alpha value is -1.12. The monoisotopic (exact) mass is 142 g/mol. The molecule has 0 atom stereocenters. The molecule has 0 unspecified atom stereocenters. The van der Waals surface area contributed by atoms with Crippen LogP contribution in [0.2, 0.25) is 0 Å². The fourth-order valence-electron chi connectivity index (χ4n) is 0.459. The Balaban J connectivity index is 0. The lowest BCUT2D eigenvalue weighted by atomic mass is 10.5. The fraction of sp³-hybridized carbons (Fsp3) is 0.429. The molecule has 3 nitrogen and oxygen atoms in total. The molecule has 0 saturated heterocycles. The molecule has 0 amide bonds. The topological polar surface area (TPSA) is 45.8 Å². The number of hydrogen-bond donors (Lipinski definition) is 1. The number of aryl methyl sites for hydroxylation is 1. The van der Waals surface area contributed by atoms with Crippen LogP contribution in [0.5, 0.6) is 0 Å². The molecule has 58 valence electrons. The molecule has 0 aliphatic carbocycles. The van der Waals surface area contributed by atoms with Gasteiger partial charge in [0.15, 0.2) is 0 Å². The smallest absolute Gasteiger partial charge is 0.310 e. The fourth-order valence-corrected chi connectivity index (χ4v) is 0.459. The highest BCUT2D eigenvalue weighted by molar-refractivity contribution is 4.92. The summed E-state index contributed by atoms with van der Waals surface area (Å²) in [5, 5.41) is 0. The Morgan fingerprint density at radius 2 is 2.20 bits per heavy atom. The van der Waals surface area contributed by atoms with Gasteiger partial charge in [0.25, 0.3) is 0 Å². The molecule has 0 spiro atoms. The van der Waals surface area contributed by atoms with E-state index in [0.717, 1.165) is 5.69 Å². The average molecular weight is 142 g/mol. The normalized spacial score (nSPS) is 7.90. The molecule has 1 aromatic rings. The van der Waals surface area contributed by atoms with Crippen LogP contribution in [0.25, 0.3) is 0 Å². The number of aromatic amines is 1. The molecule has 0 saturated carbocycles. The molecule has 0 fully saturated rings. The molecule has 1 rings (SSSR count). The first-order valence-electron chi connectivity index (χ1n) is 3.31. The summed E-state index contributed by atoms with van der Waals surface area (Å²) < 4.78 is 0. The van der Waals surface area contributed by atoms with E-state index in [1.807, 2.05) is 20.8 Å². The van der Waals surface area contributed by atoms with Crippen LogP contribution in [-0.2, 0) is 0 Å². The minimum Gasteiger partial charge on any atom is -0.310 e. The highest BCUT2D eigenvalue weighted by Gasteiger charge is 1.80. The van der Waals surface area contributed by atoms with E-state index in [9.17, 15) is 4.79 Å². The predicted octanol–water partition coefficient (Wildman–Crippen LogP) is 1.35. The Morgan fingerprint density at radius 1 is 1.60 bits per heavy atom. The maximum absolute atomic E-state index is 10.3. The van der Waals surface area contributed by atoms with Crippen molar-refractivity contribution in [2.24, 2.45) is 0 Å². The Bertz CT molecular complexity index is 234. The van der Waals surface area contributed by atoms with Gasteiger partial charge >= 0.3 is 5.69 Å². The van der Waals surface area contributed by atoms with Crippen molar-refractivity contribution in [3.05, 3.63) is 28.4 Å². The van der Waals surface area contributed by atoms with Crippen molar-refractivity contribution in [1.29, 1.82) is 0 Å². The van der Waals surface area contributed by atoms with Crippen LogP contribution in [0.3, 0.4) is 0 Å². The molecule has 0 aromatic carbocycles. The molecule has 1 heterocycles. The number of nitrogens with one attached hydrogen (secondary N) is 1. The molecule has 1 N–H and O–H groups in total. The molecule has 1 aromatic heterocycles. The number of H-pyrrole nitrogens is 1. The lowest BCUT2D eigenvalue weighted by Crippen LogP contribution is -2.08. The van der Waals surface area contributed by atoms with Crippen molar-refractivity contribution >= 4 is 0 Å². The standard InChI is InChI=1S/C5H6N2O.C2H6.H2/c1-4-2-3-6-5(8)7-4;1-2;/h2-3H,1H3,(H,6,7,8);1-2H3;1H. The van der Waals surface area contributed by atoms with Crippen molar-refractivity contribution in [2.75, 3.05) is 0 Å². The quantitative estimate of drug-likeness (QED) is 0.594. The second kappa shape index (κ2) is 4.73. The van der Waals surface area contributed by atoms with E-state index >= 15 is 0 Å². The minimum atomic E-state index is -0.287. The van der Waals surface area contributed by atoms with Crippen molar-refractivity contribution in [2.45, 2.75) is 20.8 Å². The highest BCUT2D eigenvalue weighted by Crippen LogP contribution is 1.78. The van der Waals surface area contributed by atoms with Gasteiger partial charge in [-0.3, -0.25) is 0 Å². The van der Waals surface area contributed by atoms with E-state index in [1.54, 1.807) is 6.07 Å². The molecule has 10 heavy (non-hydrogen) atoms. The minimum absolute atomic E-state index is 0. The zero-order valence-corrected chi connectivity index (χ0v) is 6.51. The Kier molecular flexibility index (Phi) is 4.20. The third-order valence-corrected chi connectivity index (χ3v) is 0.820. The number of aromatic nitrogens is 2. The summed E-state index contributed by atoms with van der Waals surface area (Å²) in [5.41, 5.74) is 0.551. The van der Waals surface area contributed by atoms with Gasteiger partial charge < -0.3 is 4.98 Å². The van der Waals surface area contributed by atoms with Crippen LogP contribution in [0, 0.1) is 6.92 Å². The molecule has 0 aliphatic rings. The molecule has 3 heteroatoms. The van der Waals surface area contributed by atoms with Gasteiger partial charge in [0.05, 0.1) is 0 Å². The van der Waals surface area contributed by atoms with Gasteiger partial charge in [-0.25, -0.2) is 9.78 Å². The van der Waals surface area contributed by atoms with Gasteiger partial charge in [-0.2, -0.15) is 0 Å². The van der Waals surface area contributed by atoms with Gasteiger partial charge in [0.1, 0.15) is 0 Å². The molecular weight excluding hydrogens is 128 g/mol. The third kappa shape index (κ3) is 3.02. The van der Waals surface area contributed by atoms with E-state index in [4.69, 9.17) is 0 Å². The lowest BCUT2D eigenvalue weighted by molar-refractivity contribution is 1.03. The van der Waals surface area contributed by atoms with E-state index in [0.29, 0.717) is 0 Å². The summed E-state index contributed by atoms with van der Waals surface area (Å²) >= 11 is 0. The van der Waals surface area contributed by atoms with Gasteiger partial charge in [0, 0.05) is 13.3 Å². The SMILES string of the molecule is CC.Cc1ccnc(=O)[nH]1.[HH]. The maximum atomic E-state index is 10.3. The van der Waals surface area contributed by atoms with Crippen LogP contribution in [0.4, 0.5) is 0 Å². The largest absolute Gasteiger partial charge is 0.345 e. The Morgan fingerprint density at radius 3 is 2.50 bits per heavy atom. The van der Waals surface area contributed by atoms with E-state index in [1.165, 1.54) is 6.20 Å². The molecule has 0 bridgehead atoms. The lowest BCUT2D eigenvalue weighted by Gasteiger charge is -1.84. The summed E-state index contributed by atoms with van der Waals surface area (Å²) in [5.74, 6) is 0. The van der Waals surface area contributed by atoms with Crippen molar-refractivity contribution in [3.8, 4) is 0 Å². The van der Waals surface area contributed by atoms with Crippen LogP contribution in [0.15, 0.2) is 17.1 Å². The number of nitrogens with zero attached hydrogens (tertiary/aromatic N) is 1. The third-order valence-electron chi connectivity index (χ3n) is 0.820. The number of rotatable bonds is 0. The van der Waals surface area contributed by atoms with E-state index < -0.39 is 0 Å². The van der Waals surface area contributed by atoms with E-state index in [-0.39, 0.29) is 7.12 Å². The maximum Gasteiger partial charge on any atom is 0.345 e. The summed E-state index contributed by atoms with van der Waals surface area (Å²) in [6.07, 6.45) is 1.48. The molecular formula is C7H14N2O. The second-order valence-corrected chi connectivity index (χ2v) is 1.56. The Labute approximate surface area is 61.6 Å². The van der Waals surface area contributed by atoms with Crippen molar-refractivity contribution in [3.63, 3.8) is 0 Å². The average Bonchev–Trinajstić information content (AvgIpc) is 1.91. The molecule has 0 aliphatic heterocycles. The zero-order chi connectivity index (χ0) is 7.98. The summed E-state index contributed by atoms with van der Waals surface area (Å²) in [6.45, 7) is 5.81. The van der Waals surface area contributed by atoms with Crippen molar-refractivity contribution < 1.29 is 1.43 Å². The van der Waals surface area contributed by atoms with Gasteiger partial charge in [0.2, 0.25) is 0 Å². The van der Waals surface area contributed by atoms with E-state index in [2.05, 4.69) is 9.97 Å². The van der Waals surface area contributed by atoms with Crippen LogP contribution in [0.1, 0.15) is 21.0 Å². The first kappa shape index (κ1) is 8.88.